The smallest absolute Gasteiger partial charge is 0.270 e. The number of hydrogen-bond donors (Lipinski definition) is 2. The Morgan fingerprint density at radius 3 is 2.57 bits per heavy atom. The van der Waals surface area contributed by atoms with Crippen LogP contribution in [-0.4, -0.2) is 20.2 Å². The van der Waals surface area contributed by atoms with Crippen molar-refractivity contribution in [3.05, 3.63) is 64.8 Å². The number of nitrogens with one attached hydrogen (secondary N) is 1. The lowest BCUT2D eigenvalue weighted by Gasteiger charge is -2.06. The topological polar surface area (TPSA) is 92.0 Å². The second-order valence-corrected chi connectivity index (χ2v) is 4.48. The van der Waals surface area contributed by atoms with Crippen LogP contribution in [0, 0.1) is 10.1 Å². The molecular formula is C15H11N3O3. The van der Waals surface area contributed by atoms with Gasteiger partial charge in [-0.15, -0.1) is 0 Å². The van der Waals surface area contributed by atoms with Gasteiger partial charge < -0.3 is 5.11 Å². The molecule has 21 heavy (non-hydrogen) atoms. The zero-order valence-corrected chi connectivity index (χ0v) is 10.9. The summed E-state index contributed by atoms with van der Waals surface area (Å²) < 4.78 is 0. The second-order valence-electron chi connectivity index (χ2n) is 4.48. The average Bonchev–Trinajstić information content (AvgIpc) is 2.97. The number of nitro groups is 1. The Kier molecular flexibility index (Phi) is 3.12. The lowest BCUT2D eigenvalue weighted by molar-refractivity contribution is -0.384. The molecule has 0 saturated heterocycles. The van der Waals surface area contributed by atoms with Crippen LogP contribution in [0.15, 0.2) is 54.7 Å². The molecule has 1 heterocycles. The van der Waals surface area contributed by atoms with Crippen molar-refractivity contribution >= 4 is 5.69 Å². The minimum atomic E-state index is -0.499. The molecule has 3 rings (SSSR count). The van der Waals surface area contributed by atoms with E-state index in [-0.39, 0.29) is 11.4 Å². The van der Waals surface area contributed by atoms with Gasteiger partial charge in [0, 0.05) is 23.3 Å². The van der Waals surface area contributed by atoms with Crippen LogP contribution in [-0.2, 0) is 0 Å². The van der Waals surface area contributed by atoms with Gasteiger partial charge in [0.25, 0.3) is 5.69 Å². The van der Waals surface area contributed by atoms with Crippen LogP contribution in [0.1, 0.15) is 0 Å². The number of nitro benzene ring substituents is 1. The minimum Gasteiger partial charge on any atom is -0.507 e. The Morgan fingerprint density at radius 2 is 1.86 bits per heavy atom. The van der Waals surface area contributed by atoms with Crippen molar-refractivity contribution in [2.75, 3.05) is 0 Å². The molecule has 0 spiro atoms. The van der Waals surface area contributed by atoms with Crippen LogP contribution in [0.25, 0.3) is 22.4 Å². The highest BCUT2D eigenvalue weighted by molar-refractivity contribution is 5.83. The van der Waals surface area contributed by atoms with E-state index in [1.54, 1.807) is 6.20 Å². The average molecular weight is 281 g/mol. The minimum absolute atomic E-state index is 0.0398. The maximum absolute atomic E-state index is 10.9. The van der Waals surface area contributed by atoms with Gasteiger partial charge in [0.05, 0.1) is 16.8 Å². The molecule has 0 atom stereocenters. The third-order valence-corrected chi connectivity index (χ3v) is 3.18. The molecule has 0 bridgehead atoms. The van der Waals surface area contributed by atoms with Crippen molar-refractivity contribution in [1.29, 1.82) is 0 Å². The number of phenols is 1. The van der Waals surface area contributed by atoms with Gasteiger partial charge in [-0.2, -0.15) is 5.10 Å². The van der Waals surface area contributed by atoms with E-state index < -0.39 is 4.92 Å². The molecular weight excluding hydrogens is 270 g/mol. The monoisotopic (exact) mass is 281 g/mol. The lowest BCUT2D eigenvalue weighted by atomic mass is 10.0. The predicted octanol–water partition coefficient (Wildman–Crippen LogP) is 3.36. The quantitative estimate of drug-likeness (QED) is 0.568. The number of aromatic nitrogens is 2. The van der Waals surface area contributed by atoms with Crippen LogP contribution in [0.5, 0.6) is 5.75 Å². The van der Waals surface area contributed by atoms with Gasteiger partial charge in [0.1, 0.15) is 5.75 Å². The zero-order valence-electron chi connectivity index (χ0n) is 10.9. The number of benzene rings is 2. The first-order valence-electron chi connectivity index (χ1n) is 6.23. The fourth-order valence-electron chi connectivity index (χ4n) is 2.17. The summed E-state index contributed by atoms with van der Waals surface area (Å²) in [6.07, 6.45) is 1.63. The number of aromatic hydroxyl groups is 1. The van der Waals surface area contributed by atoms with Crippen LogP contribution in [0.2, 0.25) is 0 Å². The Hall–Kier alpha value is -3.15. The Morgan fingerprint density at radius 1 is 1.10 bits per heavy atom. The molecule has 0 unspecified atom stereocenters. The van der Waals surface area contributed by atoms with Gasteiger partial charge in [-0.3, -0.25) is 15.2 Å². The summed E-state index contributed by atoms with van der Waals surface area (Å²) in [5.41, 5.74) is 2.48. The highest BCUT2D eigenvalue weighted by atomic mass is 16.6. The van der Waals surface area contributed by atoms with Gasteiger partial charge >= 0.3 is 0 Å². The summed E-state index contributed by atoms with van der Waals surface area (Å²) in [5.74, 6) is -0.0398. The number of non-ortho nitro benzene ring substituents is 1. The van der Waals surface area contributed by atoms with Crippen molar-refractivity contribution in [1.82, 2.24) is 10.2 Å². The van der Waals surface area contributed by atoms with E-state index in [9.17, 15) is 15.2 Å². The van der Waals surface area contributed by atoms with E-state index in [0.717, 1.165) is 11.1 Å². The van der Waals surface area contributed by atoms with E-state index in [2.05, 4.69) is 10.2 Å². The number of hydrogen-bond acceptors (Lipinski definition) is 4. The zero-order chi connectivity index (χ0) is 14.8. The molecule has 6 heteroatoms. The van der Waals surface area contributed by atoms with Crippen LogP contribution >= 0.6 is 0 Å². The number of rotatable bonds is 3. The number of phenolic OH excluding ortho intramolecular Hbond substituents is 1. The largest absolute Gasteiger partial charge is 0.507 e. The predicted molar refractivity (Wildman–Crippen MR) is 77.8 cm³/mol. The summed E-state index contributed by atoms with van der Waals surface area (Å²) >= 11 is 0. The van der Waals surface area contributed by atoms with Gasteiger partial charge in [0.2, 0.25) is 0 Å². The SMILES string of the molecule is O=[N+]([O-])c1ccc(O)c(-c2[nH]ncc2-c2ccccc2)c1. The molecule has 0 saturated carbocycles. The standard InChI is InChI=1S/C15H11N3O3/c19-14-7-6-11(18(20)21)8-12(14)15-13(9-16-17-15)10-4-2-1-3-5-10/h1-9,19H,(H,16,17). The van der Waals surface area contributed by atoms with Gasteiger partial charge in [-0.25, -0.2) is 0 Å². The molecule has 2 N–H and O–H groups in total. The molecule has 0 aliphatic heterocycles. The van der Waals surface area contributed by atoms with E-state index in [1.807, 2.05) is 30.3 Å². The first-order valence-corrected chi connectivity index (χ1v) is 6.23. The van der Waals surface area contributed by atoms with Crippen LogP contribution < -0.4 is 0 Å². The molecule has 0 amide bonds. The molecule has 0 aliphatic rings. The van der Waals surface area contributed by atoms with Crippen molar-refractivity contribution in [2.45, 2.75) is 0 Å². The molecule has 0 aliphatic carbocycles. The van der Waals surface area contributed by atoms with E-state index in [0.29, 0.717) is 11.3 Å². The first-order chi connectivity index (χ1) is 10.2. The summed E-state index contributed by atoms with van der Waals surface area (Å²) in [4.78, 5) is 10.4. The van der Waals surface area contributed by atoms with Crippen molar-refractivity contribution in [3.63, 3.8) is 0 Å². The fraction of sp³-hybridized carbons (Fsp3) is 0. The fourth-order valence-corrected chi connectivity index (χ4v) is 2.17. The Bertz CT molecular complexity index is 797. The van der Waals surface area contributed by atoms with Gasteiger partial charge in [-0.1, -0.05) is 30.3 Å². The van der Waals surface area contributed by atoms with Crippen LogP contribution in [0.4, 0.5) is 5.69 Å². The summed E-state index contributed by atoms with van der Waals surface area (Å²) in [6, 6.07) is 13.4. The summed E-state index contributed by atoms with van der Waals surface area (Å²) in [6.45, 7) is 0. The summed E-state index contributed by atoms with van der Waals surface area (Å²) in [5, 5.41) is 27.7. The molecule has 6 nitrogen and oxygen atoms in total. The van der Waals surface area contributed by atoms with Gasteiger partial charge in [0.15, 0.2) is 0 Å². The van der Waals surface area contributed by atoms with Crippen molar-refractivity contribution in [2.24, 2.45) is 0 Å². The van der Waals surface area contributed by atoms with Crippen molar-refractivity contribution in [3.8, 4) is 28.1 Å². The maximum atomic E-state index is 10.9. The molecule has 1 aromatic heterocycles. The van der Waals surface area contributed by atoms with E-state index in [4.69, 9.17) is 0 Å². The third-order valence-electron chi connectivity index (χ3n) is 3.18. The lowest BCUT2D eigenvalue weighted by Crippen LogP contribution is -1.90. The third kappa shape index (κ3) is 2.34. The van der Waals surface area contributed by atoms with Crippen LogP contribution in [0.3, 0.4) is 0 Å². The highest BCUT2D eigenvalue weighted by Crippen LogP contribution is 2.36. The summed E-state index contributed by atoms with van der Waals surface area (Å²) in [7, 11) is 0. The number of H-pyrrole nitrogens is 1. The molecule has 0 radical (unpaired) electrons. The molecule has 0 fully saturated rings. The molecule has 2 aromatic carbocycles. The maximum Gasteiger partial charge on any atom is 0.270 e. The van der Waals surface area contributed by atoms with E-state index in [1.165, 1.54) is 18.2 Å². The molecule has 104 valence electrons. The van der Waals surface area contributed by atoms with Crippen molar-refractivity contribution < 1.29 is 10.0 Å². The van der Waals surface area contributed by atoms with E-state index >= 15 is 0 Å². The number of nitrogens with zero attached hydrogens (tertiary/aromatic N) is 2. The normalized spacial score (nSPS) is 10.5. The number of aromatic amines is 1. The Labute approximate surface area is 119 Å². The Balaban J connectivity index is 2.17. The molecule has 3 aromatic rings. The van der Waals surface area contributed by atoms with Gasteiger partial charge in [-0.05, 0) is 11.6 Å². The highest BCUT2D eigenvalue weighted by Gasteiger charge is 2.17. The second kappa shape index (κ2) is 5.09. The first kappa shape index (κ1) is 12.9.